The molecule has 4 aromatic rings. The van der Waals surface area contributed by atoms with E-state index in [0.29, 0.717) is 91.3 Å². The predicted octanol–water partition coefficient (Wildman–Crippen LogP) is 6.41. The second kappa shape index (κ2) is 12.7. The summed E-state index contributed by atoms with van der Waals surface area (Å²) in [7, 11) is 0. The van der Waals surface area contributed by atoms with E-state index in [4.69, 9.17) is 14.7 Å². The van der Waals surface area contributed by atoms with Crippen LogP contribution in [0.5, 0.6) is 5.75 Å². The fourth-order valence-electron chi connectivity index (χ4n) is 7.86. The molecular formula is C37H40F3N7O3. The van der Waals surface area contributed by atoms with Crippen LogP contribution < -0.4 is 9.64 Å². The molecule has 2 aromatic heterocycles. The molecule has 0 radical (unpaired) electrons. The van der Waals surface area contributed by atoms with Crippen molar-refractivity contribution in [2.24, 2.45) is 5.41 Å². The molecule has 0 bridgehead atoms. The van der Waals surface area contributed by atoms with Crippen molar-refractivity contribution < 1.29 is 27.5 Å². The summed E-state index contributed by atoms with van der Waals surface area (Å²) in [4.78, 5) is 40.3. The van der Waals surface area contributed by atoms with Crippen LogP contribution in [-0.2, 0) is 9.59 Å². The van der Waals surface area contributed by atoms with Gasteiger partial charge in [-0.2, -0.15) is 18.3 Å². The van der Waals surface area contributed by atoms with E-state index in [-0.39, 0.29) is 28.9 Å². The summed E-state index contributed by atoms with van der Waals surface area (Å²) >= 11 is 0. The van der Waals surface area contributed by atoms with Crippen LogP contribution in [-0.4, -0.2) is 93.8 Å². The number of nitrogens with one attached hydrogen (secondary N) is 1. The first kappa shape index (κ1) is 33.6. The van der Waals surface area contributed by atoms with Crippen LogP contribution in [0.25, 0.3) is 39.0 Å². The van der Waals surface area contributed by atoms with Gasteiger partial charge in [-0.25, -0.2) is 9.97 Å². The van der Waals surface area contributed by atoms with E-state index in [9.17, 15) is 22.8 Å². The minimum absolute atomic E-state index is 0.00314. The highest BCUT2D eigenvalue weighted by atomic mass is 19.4. The second-order valence-corrected chi connectivity index (χ2v) is 13.8. The molecule has 5 heterocycles. The number of H-pyrrole nitrogens is 1. The second-order valence-electron chi connectivity index (χ2n) is 13.8. The summed E-state index contributed by atoms with van der Waals surface area (Å²) in [6, 6.07) is 5.69. The van der Waals surface area contributed by atoms with Gasteiger partial charge in [-0.1, -0.05) is 25.3 Å². The van der Waals surface area contributed by atoms with Crippen molar-refractivity contribution in [2.75, 3.05) is 50.8 Å². The molecule has 1 spiro atoms. The SMILES string of the molecule is C=CC(=O)N1CC2(CCN(c3nc(C4CCN(C(C)=O)CC4)nc4c(OCC(F)(F)F)c(-c5c(C)ccc6[nH]ncc56)c(C=C)cc34)CC2)C1. The summed E-state index contributed by atoms with van der Waals surface area (Å²) in [6.07, 6.45) is 2.95. The molecule has 0 aliphatic carbocycles. The van der Waals surface area contributed by atoms with Crippen LogP contribution in [0.15, 0.2) is 43.6 Å². The number of anilines is 1. The van der Waals surface area contributed by atoms with Gasteiger partial charge in [0.1, 0.15) is 17.2 Å². The van der Waals surface area contributed by atoms with Gasteiger partial charge in [-0.05, 0) is 67.5 Å². The number of rotatable bonds is 7. The molecule has 2 amide bonds. The Bertz CT molecular complexity index is 2000. The smallest absolute Gasteiger partial charge is 0.422 e. The van der Waals surface area contributed by atoms with Crippen molar-refractivity contribution in [3.05, 3.63) is 60.6 Å². The number of halogens is 3. The van der Waals surface area contributed by atoms with Crippen molar-refractivity contribution in [3.63, 3.8) is 0 Å². The van der Waals surface area contributed by atoms with Gasteiger partial charge in [-0.3, -0.25) is 14.7 Å². The molecular weight excluding hydrogens is 647 g/mol. The molecule has 13 heteroatoms. The summed E-state index contributed by atoms with van der Waals surface area (Å²) in [6.45, 7) is 13.4. The molecule has 0 unspecified atom stereocenters. The Balaban J connectivity index is 1.40. The van der Waals surface area contributed by atoms with Gasteiger partial charge < -0.3 is 19.4 Å². The Morgan fingerprint density at radius 1 is 1.04 bits per heavy atom. The van der Waals surface area contributed by atoms with E-state index in [0.717, 1.165) is 29.3 Å². The number of likely N-dealkylation sites (tertiary alicyclic amines) is 2. The quantitative estimate of drug-likeness (QED) is 0.224. The minimum Gasteiger partial charge on any atom is -0.481 e. The summed E-state index contributed by atoms with van der Waals surface area (Å²) < 4.78 is 47.6. The number of benzene rings is 2. The van der Waals surface area contributed by atoms with Crippen molar-refractivity contribution in [2.45, 2.75) is 51.6 Å². The molecule has 0 saturated carbocycles. The normalized spacial score (nSPS) is 18.1. The van der Waals surface area contributed by atoms with Gasteiger partial charge in [0.15, 0.2) is 12.4 Å². The highest BCUT2D eigenvalue weighted by Gasteiger charge is 2.46. The molecule has 262 valence electrons. The van der Waals surface area contributed by atoms with Gasteiger partial charge >= 0.3 is 6.18 Å². The molecule has 3 fully saturated rings. The Labute approximate surface area is 288 Å². The fourth-order valence-corrected chi connectivity index (χ4v) is 7.86. The average Bonchev–Trinajstić information content (AvgIpc) is 3.57. The molecule has 7 rings (SSSR count). The average molecular weight is 688 g/mol. The lowest BCUT2D eigenvalue weighted by atomic mass is 9.72. The van der Waals surface area contributed by atoms with E-state index < -0.39 is 12.8 Å². The van der Waals surface area contributed by atoms with Gasteiger partial charge in [0.2, 0.25) is 11.8 Å². The maximum absolute atomic E-state index is 13.9. The molecule has 3 saturated heterocycles. The first-order valence-electron chi connectivity index (χ1n) is 17.0. The van der Waals surface area contributed by atoms with Crippen LogP contribution in [0.2, 0.25) is 0 Å². The lowest BCUT2D eigenvalue weighted by molar-refractivity contribution is -0.153. The Morgan fingerprint density at radius 3 is 2.40 bits per heavy atom. The molecule has 2 aromatic carbocycles. The van der Waals surface area contributed by atoms with E-state index in [2.05, 4.69) is 28.3 Å². The van der Waals surface area contributed by atoms with Crippen LogP contribution >= 0.6 is 0 Å². The van der Waals surface area contributed by atoms with E-state index >= 15 is 0 Å². The number of fused-ring (bicyclic) bond motifs is 2. The van der Waals surface area contributed by atoms with Crippen LogP contribution in [0, 0.1) is 12.3 Å². The third kappa shape index (κ3) is 6.07. The van der Waals surface area contributed by atoms with Crippen LogP contribution in [0.4, 0.5) is 19.0 Å². The lowest BCUT2D eigenvalue weighted by Crippen LogP contribution is -2.61. The number of nitrogens with zero attached hydrogens (tertiary/aromatic N) is 6. The number of amides is 2. The number of hydrogen-bond acceptors (Lipinski definition) is 7. The number of carbonyl (C=O) groups is 2. The minimum atomic E-state index is -4.60. The standard InChI is InChI=1S/C37H40F3N7O3/c1-5-24-17-26-32(33(50-21-37(38,39)40)31(24)30-22(3)7-8-28-27(30)18-41-44-28)42-34(25-9-13-45(14-10-25)23(4)48)43-35(26)46-15-11-36(12-16-46)19-47(20-36)29(49)6-2/h5-8,17-18,25H,1-2,9-16,19-21H2,3-4H3,(H,41,44). The summed E-state index contributed by atoms with van der Waals surface area (Å²) in [5.74, 6) is 1.01. The lowest BCUT2D eigenvalue weighted by Gasteiger charge is -2.54. The van der Waals surface area contributed by atoms with Crippen LogP contribution in [0.3, 0.4) is 0 Å². The van der Waals surface area contributed by atoms with Gasteiger partial charge in [-0.15, -0.1) is 0 Å². The number of aromatic nitrogens is 4. The number of aromatic amines is 1. The first-order chi connectivity index (χ1) is 23.9. The van der Waals surface area contributed by atoms with Gasteiger partial charge in [0, 0.05) is 73.9 Å². The highest BCUT2D eigenvalue weighted by Crippen LogP contribution is 2.48. The largest absolute Gasteiger partial charge is 0.481 e. The zero-order chi connectivity index (χ0) is 35.4. The Kier molecular flexibility index (Phi) is 8.55. The van der Waals surface area contributed by atoms with Gasteiger partial charge in [0.25, 0.3) is 0 Å². The maximum Gasteiger partial charge on any atom is 0.422 e. The van der Waals surface area contributed by atoms with E-state index in [1.807, 2.05) is 25.1 Å². The summed E-state index contributed by atoms with van der Waals surface area (Å²) in [5.41, 5.74) is 3.61. The predicted molar refractivity (Wildman–Crippen MR) is 186 cm³/mol. The number of ether oxygens (including phenoxy) is 1. The van der Waals surface area contributed by atoms with Crippen molar-refractivity contribution in [1.29, 1.82) is 0 Å². The number of hydrogen-bond donors (Lipinski definition) is 1. The van der Waals surface area contributed by atoms with E-state index in [1.165, 1.54) is 6.08 Å². The number of carbonyl (C=O) groups excluding carboxylic acids is 2. The molecule has 10 nitrogen and oxygen atoms in total. The fraction of sp³-hybridized carbons (Fsp3) is 0.432. The van der Waals surface area contributed by atoms with Crippen LogP contribution in [0.1, 0.15) is 55.5 Å². The highest BCUT2D eigenvalue weighted by molar-refractivity contribution is 6.07. The molecule has 3 aliphatic heterocycles. The zero-order valence-electron chi connectivity index (χ0n) is 28.3. The van der Waals surface area contributed by atoms with Gasteiger partial charge in [0.05, 0.1) is 11.7 Å². The number of piperidine rings is 2. The third-order valence-corrected chi connectivity index (χ3v) is 10.6. The first-order valence-corrected chi connectivity index (χ1v) is 17.0. The molecule has 3 aliphatic rings. The van der Waals surface area contributed by atoms with Crippen molar-refractivity contribution in [3.8, 4) is 16.9 Å². The van der Waals surface area contributed by atoms with Crippen molar-refractivity contribution >= 4 is 45.5 Å². The topological polar surface area (TPSA) is 108 Å². The number of aryl methyl sites for hydroxylation is 1. The maximum atomic E-state index is 13.9. The Morgan fingerprint density at radius 2 is 1.76 bits per heavy atom. The third-order valence-electron chi connectivity index (χ3n) is 10.6. The number of alkyl halides is 3. The monoisotopic (exact) mass is 687 g/mol. The molecule has 50 heavy (non-hydrogen) atoms. The van der Waals surface area contributed by atoms with Crippen molar-refractivity contribution in [1.82, 2.24) is 30.0 Å². The zero-order valence-corrected chi connectivity index (χ0v) is 28.3. The molecule has 0 atom stereocenters. The Hall–Kier alpha value is -4.94. The molecule has 1 N–H and O–H groups in total. The van der Waals surface area contributed by atoms with E-state index in [1.54, 1.807) is 29.0 Å². The summed E-state index contributed by atoms with van der Waals surface area (Å²) in [5, 5.41) is 8.50.